The fourth-order valence-electron chi connectivity index (χ4n) is 2.33. The maximum absolute atomic E-state index is 5.89. The van der Waals surface area contributed by atoms with Gasteiger partial charge < -0.3 is 14.8 Å². The molecular weight excluding hydrogens is 238 g/mol. The molecule has 0 aliphatic carbocycles. The molecule has 19 heavy (non-hydrogen) atoms. The summed E-state index contributed by atoms with van der Waals surface area (Å²) in [6.45, 7) is 8.09. The standard InChI is InChI=1S/C16H27NO2/c1-5-12-17-16(14(6-2)19-7-3)13-10-8-9-11-15(13)18-4/h8-11,14,16-17H,5-7,12H2,1-4H3. The van der Waals surface area contributed by atoms with Gasteiger partial charge in [-0.15, -0.1) is 0 Å². The number of para-hydroxylation sites is 1. The Hall–Kier alpha value is -1.06. The van der Waals surface area contributed by atoms with Crippen molar-refractivity contribution in [1.29, 1.82) is 0 Å². The molecule has 0 bridgehead atoms. The van der Waals surface area contributed by atoms with Crippen LogP contribution in [0.15, 0.2) is 24.3 Å². The minimum atomic E-state index is 0.174. The molecule has 0 aliphatic heterocycles. The molecule has 0 aromatic heterocycles. The second-order valence-electron chi connectivity index (χ2n) is 4.58. The monoisotopic (exact) mass is 265 g/mol. The average Bonchev–Trinajstić information content (AvgIpc) is 2.46. The van der Waals surface area contributed by atoms with Gasteiger partial charge in [-0.1, -0.05) is 32.0 Å². The SMILES string of the molecule is CCCNC(c1ccccc1OC)C(CC)OCC. The molecule has 2 unspecified atom stereocenters. The summed E-state index contributed by atoms with van der Waals surface area (Å²) in [5.74, 6) is 0.925. The predicted octanol–water partition coefficient (Wildman–Crippen LogP) is 3.55. The fourth-order valence-corrected chi connectivity index (χ4v) is 2.33. The van der Waals surface area contributed by atoms with Gasteiger partial charge in [0.15, 0.2) is 0 Å². The van der Waals surface area contributed by atoms with Gasteiger partial charge in [-0.05, 0) is 32.4 Å². The normalized spacial score (nSPS) is 14.1. The highest BCUT2D eigenvalue weighted by Gasteiger charge is 2.24. The Labute approximate surface area is 117 Å². The molecule has 3 heteroatoms. The minimum Gasteiger partial charge on any atom is -0.496 e. The molecule has 1 rings (SSSR count). The van der Waals surface area contributed by atoms with Crippen LogP contribution in [0.1, 0.15) is 45.2 Å². The summed E-state index contributed by atoms with van der Waals surface area (Å²) in [6, 6.07) is 8.36. The first kappa shape index (κ1) is 16.0. The number of ether oxygens (including phenoxy) is 2. The smallest absolute Gasteiger partial charge is 0.123 e. The van der Waals surface area contributed by atoms with Crippen molar-refractivity contribution in [1.82, 2.24) is 5.32 Å². The van der Waals surface area contributed by atoms with E-state index >= 15 is 0 Å². The van der Waals surface area contributed by atoms with E-state index in [2.05, 4.69) is 31.3 Å². The lowest BCUT2D eigenvalue weighted by molar-refractivity contribution is 0.0308. The van der Waals surface area contributed by atoms with Gasteiger partial charge in [0.05, 0.1) is 19.3 Å². The maximum Gasteiger partial charge on any atom is 0.123 e. The lowest BCUT2D eigenvalue weighted by Gasteiger charge is -2.28. The Morgan fingerprint density at radius 2 is 1.89 bits per heavy atom. The van der Waals surface area contributed by atoms with Crippen LogP contribution in [0.2, 0.25) is 0 Å². The lowest BCUT2D eigenvalue weighted by atomic mass is 9.98. The first-order valence-corrected chi connectivity index (χ1v) is 7.26. The van der Waals surface area contributed by atoms with Crippen molar-refractivity contribution in [3.63, 3.8) is 0 Å². The van der Waals surface area contributed by atoms with E-state index in [9.17, 15) is 0 Å². The van der Waals surface area contributed by atoms with Crippen LogP contribution in [-0.2, 0) is 4.74 Å². The van der Waals surface area contributed by atoms with Crippen LogP contribution >= 0.6 is 0 Å². The van der Waals surface area contributed by atoms with Crippen molar-refractivity contribution >= 4 is 0 Å². The first-order chi connectivity index (χ1) is 9.28. The van der Waals surface area contributed by atoms with E-state index in [0.29, 0.717) is 0 Å². The zero-order valence-electron chi connectivity index (χ0n) is 12.6. The second-order valence-corrected chi connectivity index (χ2v) is 4.58. The molecule has 0 fully saturated rings. The highest BCUT2D eigenvalue weighted by atomic mass is 16.5. The van der Waals surface area contributed by atoms with Gasteiger partial charge in [-0.25, -0.2) is 0 Å². The quantitative estimate of drug-likeness (QED) is 0.740. The van der Waals surface area contributed by atoms with E-state index in [1.54, 1.807) is 7.11 Å². The van der Waals surface area contributed by atoms with E-state index in [4.69, 9.17) is 9.47 Å². The van der Waals surface area contributed by atoms with Gasteiger partial charge >= 0.3 is 0 Å². The molecule has 0 radical (unpaired) electrons. The summed E-state index contributed by atoms with van der Waals surface area (Å²) in [7, 11) is 1.72. The van der Waals surface area contributed by atoms with Crippen LogP contribution in [0, 0.1) is 0 Å². The van der Waals surface area contributed by atoms with E-state index < -0.39 is 0 Å². The molecule has 0 amide bonds. The van der Waals surface area contributed by atoms with Crippen LogP contribution in [0.3, 0.4) is 0 Å². The Kier molecular flexibility index (Phi) is 7.53. The van der Waals surface area contributed by atoms with Crippen molar-refractivity contribution in [3.05, 3.63) is 29.8 Å². The number of rotatable bonds is 9. The number of hydrogen-bond donors (Lipinski definition) is 1. The average molecular weight is 265 g/mol. The van der Waals surface area contributed by atoms with Crippen molar-refractivity contribution in [2.75, 3.05) is 20.3 Å². The Bertz CT molecular complexity index is 354. The summed E-state index contributed by atoms with van der Waals surface area (Å²) < 4.78 is 11.4. The van der Waals surface area contributed by atoms with E-state index in [0.717, 1.165) is 31.7 Å². The molecule has 1 N–H and O–H groups in total. The molecule has 3 nitrogen and oxygen atoms in total. The Morgan fingerprint density at radius 3 is 2.47 bits per heavy atom. The van der Waals surface area contributed by atoms with Crippen molar-refractivity contribution in [2.45, 2.75) is 45.8 Å². The Morgan fingerprint density at radius 1 is 1.16 bits per heavy atom. The van der Waals surface area contributed by atoms with Gasteiger partial charge in [0.2, 0.25) is 0 Å². The largest absolute Gasteiger partial charge is 0.496 e. The topological polar surface area (TPSA) is 30.5 Å². The summed E-state index contributed by atoms with van der Waals surface area (Å²) in [6.07, 6.45) is 2.26. The van der Waals surface area contributed by atoms with Crippen LogP contribution < -0.4 is 10.1 Å². The predicted molar refractivity (Wildman–Crippen MR) is 79.7 cm³/mol. The summed E-state index contributed by atoms with van der Waals surface area (Å²) >= 11 is 0. The molecular formula is C16H27NO2. The van der Waals surface area contributed by atoms with Crippen molar-refractivity contribution in [3.8, 4) is 5.75 Å². The molecule has 108 valence electrons. The van der Waals surface area contributed by atoms with Crippen molar-refractivity contribution < 1.29 is 9.47 Å². The van der Waals surface area contributed by atoms with Gasteiger partial charge in [0.1, 0.15) is 5.75 Å². The molecule has 0 saturated carbocycles. The first-order valence-electron chi connectivity index (χ1n) is 7.26. The highest BCUT2D eigenvalue weighted by molar-refractivity contribution is 5.36. The van der Waals surface area contributed by atoms with E-state index in [1.165, 1.54) is 5.56 Å². The number of hydrogen-bond acceptors (Lipinski definition) is 3. The molecule has 0 saturated heterocycles. The van der Waals surface area contributed by atoms with Crippen LogP contribution in [-0.4, -0.2) is 26.4 Å². The van der Waals surface area contributed by atoms with Gasteiger partial charge in [0, 0.05) is 12.2 Å². The van der Waals surface area contributed by atoms with E-state index in [-0.39, 0.29) is 12.1 Å². The molecule has 0 aliphatic rings. The van der Waals surface area contributed by atoms with Crippen molar-refractivity contribution in [2.24, 2.45) is 0 Å². The Balaban J connectivity index is 2.99. The van der Waals surface area contributed by atoms with Gasteiger partial charge in [-0.2, -0.15) is 0 Å². The summed E-state index contributed by atoms with van der Waals surface area (Å²) in [4.78, 5) is 0. The molecule has 1 aromatic carbocycles. The molecule has 1 aromatic rings. The number of methoxy groups -OCH3 is 1. The third-order valence-electron chi connectivity index (χ3n) is 3.24. The number of benzene rings is 1. The summed E-state index contributed by atoms with van der Waals surface area (Å²) in [5.41, 5.74) is 1.18. The van der Waals surface area contributed by atoms with Gasteiger partial charge in [-0.3, -0.25) is 0 Å². The van der Waals surface area contributed by atoms with E-state index in [1.807, 2.05) is 19.1 Å². The number of nitrogens with one attached hydrogen (secondary N) is 1. The third kappa shape index (κ3) is 4.51. The van der Waals surface area contributed by atoms with Crippen LogP contribution in [0.4, 0.5) is 0 Å². The second kappa shape index (κ2) is 8.94. The summed E-state index contributed by atoms with van der Waals surface area (Å²) in [5, 5.41) is 3.59. The lowest BCUT2D eigenvalue weighted by Crippen LogP contribution is -2.34. The zero-order chi connectivity index (χ0) is 14.1. The zero-order valence-corrected chi connectivity index (χ0v) is 12.6. The third-order valence-corrected chi connectivity index (χ3v) is 3.24. The minimum absolute atomic E-state index is 0.174. The molecule has 0 spiro atoms. The van der Waals surface area contributed by atoms with Gasteiger partial charge in [0.25, 0.3) is 0 Å². The van der Waals surface area contributed by atoms with Crippen LogP contribution in [0.25, 0.3) is 0 Å². The molecule has 0 heterocycles. The van der Waals surface area contributed by atoms with Crippen LogP contribution in [0.5, 0.6) is 5.75 Å². The maximum atomic E-state index is 5.89. The molecule has 2 atom stereocenters. The fraction of sp³-hybridized carbons (Fsp3) is 0.625. The highest BCUT2D eigenvalue weighted by Crippen LogP contribution is 2.29.